The smallest absolute Gasteiger partial charge is 0.271 e. The first kappa shape index (κ1) is 15.9. The minimum atomic E-state index is -0.250. The molecule has 2 aliphatic heterocycles. The SMILES string of the molecule is COCCNC(=O)[C@@H]1CN(C(=O)c2ccn[nH]2)C[C@H]2OCC[C@H]21. The average molecular weight is 322 g/mol. The van der Waals surface area contributed by atoms with Crippen LogP contribution in [0.25, 0.3) is 0 Å². The van der Waals surface area contributed by atoms with Crippen LogP contribution >= 0.6 is 0 Å². The van der Waals surface area contributed by atoms with E-state index in [1.807, 2.05) is 0 Å². The van der Waals surface area contributed by atoms with Gasteiger partial charge in [0, 0.05) is 45.5 Å². The van der Waals surface area contributed by atoms with Crippen LogP contribution in [-0.2, 0) is 14.3 Å². The Morgan fingerprint density at radius 2 is 2.39 bits per heavy atom. The van der Waals surface area contributed by atoms with Crippen molar-refractivity contribution in [2.45, 2.75) is 12.5 Å². The minimum Gasteiger partial charge on any atom is -0.383 e. The number of piperidine rings is 1. The quantitative estimate of drug-likeness (QED) is 0.722. The Labute approximate surface area is 134 Å². The number of amides is 2. The number of H-pyrrole nitrogens is 1. The van der Waals surface area contributed by atoms with Crippen LogP contribution in [-0.4, -0.2) is 73.0 Å². The third kappa shape index (κ3) is 3.37. The summed E-state index contributed by atoms with van der Waals surface area (Å²) in [6, 6.07) is 1.64. The lowest BCUT2D eigenvalue weighted by atomic mass is 9.82. The number of hydrogen-bond acceptors (Lipinski definition) is 5. The van der Waals surface area contributed by atoms with E-state index in [1.165, 1.54) is 0 Å². The van der Waals surface area contributed by atoms with Gasteiger partial charge < -0.3 is 19.7 Å². The summed E-state index contributed by atoms with van der Waals surface area (Å²) in [5.74, 6) is -0.265. The number of carbonyl (C=O) groups is 2. The number of fused-ring (bicyclic) bond motifs is 1. The van der Waals surface area contributed by atoms with E-state index in [1.54, 1.807) is 24.3 Å². The monoisotopic (exact) mass is 322 g/mol. The van der Waals surface area contributed by atoms with Crippen molar-refractivity contribution in [2.24, 2.45) is 11.8 Å². The third-order valence-corrected chi connectivity index (χ3v) is 4.56. The van der Waals surface area contributed by atoms with Crippen LogP contribution in [0.3, 0.4) is 0 Å². The maximum atomic E-state index is 12.5. The Hall–Kier alpha value is -1.93. The molecule has 2 amide bonds. The highest BCUT2D eigenvalue weighted by molar-refractivity contribution is 5.93. The molecule has 2 aliphatic rings. The predicted octanol–water partition coefficient (Wildman–Crippen LogP) is -0.351. The number of aromatic amines is 1. The van der Waals surface area contributed by atoms with Gasteiger partial charge in [0.25, 0.3) is 5.91 Å². The molecule has 1 aromatic rings. The van der Waals surface area contributed by atoms with E-state index in [0.29, 0.717) is 38.5 Å². The molecular weight excluding hydrogens is 300 g/mol. The molecule has 2 saturated heterocycles. The lowest BCUT2D eigenvalue weighted by Crippen LogP contribution is -2.54. The molecule has 2 fully saturated rings. The Morgan fingerprint density at radius 3 is 3.13 bits per heavy atom. The highest BCUT2D eigenvalue weighted by Gasteiger charge is 2.45. The van der Waals surface area contributed by atoms with Gasteiger partial charge in [0.2, 0.25) is 5.91 Å². The number of aromatic nitrogens is 2. The van der Waals surface area contributed by atoms with E-state index in [-0.39, 0.29) is 29.8 Å². The van der Waals surface area contributed by atoms with Crippen molar-refractivity contribution in [2.75, 3.05) is 40.0 Å². The van der Waals surface area contributed by atoms with Gasteiger partial charge in [0.15, 0.2) is 0 Å². The summed E-state index contributed by atoms with van der Waals surface area (Å²) >= 11 is 0. The maximum Gasteiger partial charge on any atom is 0.271 e. The predicted molar refractivity (Wildman–Crippen MR) is 80.7 cm³/mol. The average Bonchev–Trinajstić information content (AvgIpc) is 3.24. The number of nitrogens with one attached hydrogen (secondary N) is 2. The number of methoxy groups -OCH3 is 1. The highest BCUT2D eigenvalue weighted by atomic mass is 16.5. The summed E-state index contributed by atoms with van der Waals surface area (Å²) < 4.78 is 10.7. The van der Waals surface area contributed by atoms with Crippen molar-refractivity contribution in [3.05, 3.63) is 18.0 Å². The lowest BCUT2D eigenvalue weighted by Gasteiger charge is -2.39. The molecule has 3 rings (SSSR count). The molecule has 0 spiro atoms. The summed E-state index contributed by atoms with van der Waals surface area (Å²) in [6.07, 6.45) is 2.33. The van der Waals surface area contributed by atoms with E-state index in [4.69, 9.17) is 9.47 Å². The number of likely N-dealkylation sites (tertiary alicyclic amines) is 1. The summed E-state index contributed by atoms with van der Waals surface area (Å²) in [5, 5.41) is 9.38. The van der Waals surface area contributed by atoms with Gasteiger partial charge in [0.05, 0.1) is 18.6 Å². The molecule has 1 aromatic heterocycles. The van der Waals surface area contributed by atoms with Crippen molar-refractivity contribution < 1.29 is 19.1 Å². The maximum absolute atomic E-state index is 12.5. The second-order valence-electron chi connectivity index (χ2n) is 5.93. The molecule has 8 heteroatoms. The number of ether oxygens (including phenoxy) is 2. The number of carbonyl (C=O) groups excluding carboxylic acids is 2. The standard InChI is InChI=1S/C15H22N4O4/c1-22-7-5-16-14(20)11-8-19(9-13-10(11)3-6-23-13)15(21)12-2-4-17-18-12/h2,4,10-11,13H,3,5-9H2,1H3,(H,16,20)(H,17,18)/t10-,11+,13+/m0/s1. The van der Waals surface area contributed by atoms with E-state index in [0.717, 1.165) is 6.42 Å². The van der Waals surface area contributed by atoms with Gasteiger partial charge in [-0.2, -0.15) is 5.10 Å². The van der Waals surface area contributed by atoms with Gasteiger partial charge >= 0.3 is 0 Å². The Balaban J connectivity index is 1.70. The summed E-state index contributed by atoms with van der Waals surface area (Å²) in [5.41, 5.74) is 0.431. The molecule has 0 aromatic carbocycles. The molecule has 126 valence electrons. The van der Waals surface area contributed by atoms with Crippen molar-refractivity contribution in [1.29, 1.82) is 0 Å². The number of hydrogen-bond donors (Lipinski definition) is 2. The van der Waals surface area contributed by atoms with Crippen molar-refractivity contribution in [3.63, 3.8) is 0 Å². The van der Waals surface area contributed by atoms with Crippen LogP contribution in [0.5, 0.6) is 0 Å². The van der Waals surface area contributed by atoms with Gasteiger partial charge in [-0.1, -0.05) is 0 Å². The Bertz CT molecular complexity index is 548. The van der Waals surface area contributed by atoms with E-state index >= 15 is 0 Å². The fourth-order valence-electron chi connectivity index (χ4n) is 3.37. The zero-order chi connectivity index (χ0) is 16.2. The fraction of sp³-hybridized carbons (Fsp3) is 0.667. The topological polar surface area (TPSA) is 96.5 Å². The Kier molecular flexibility index (Phi) is 4.92. The van der Waals surface area contributed by atoms with Crippen molar-refractivity contribution in [3.8, 4) is 0 Å². The number of nitrogens with zero attached hydrogens (tertiary/aromatic N) is 2. The molecule has 0 unspecified atom stereocenters. The minimum absolute atomic E-state index is 0.0374. The van der Waals surface area contributed by atoms with Gasteiger partial charge in [-0.05, 0) is 12.5 Å². The number of rotatable bonds is 5. The van der Waals surface area contributed by atoms with Crippen LogP contribution in [0.15, 0.2) is 12.3 Å². The largest absolute Gasteiger partial charge is 0.383 e. The zero-order valence-electron chi connectivity index (χ0n) is 13.2. The lowest BCUT2D eigenvalue weighted by molar-refractivity contribution is -0.130. The highest BCUT2D eigenvalue weighted by Crippen LogP contribution is 2.34. The molecule has 2 N–H and O–H groups in total. The Morgan fingerprint density at radius 1 is 1.52 bits per heavy atom. The molecule has 8 nitrogen and oxygen atoms in total. The van der Waals surface area contributed by atoms with Crippen LogP contribution in [0.2, 0.25) is 0 Å². The van der Waals surface area contributed by atoms with E-state index < -0.39 is 0 Å². The molecule has 0 aliphatic carbocycles. The van der Waals surface area contributed by atoms with Crippen LogP contribution in [0.1, 0.15) is 16.9 Å². The molecule has 3 heterocycles. The fourth-order valence-corrected chi connectivity index (χ4v) is 3.37. The first-order valence-electron chi connectivity index (χ1n) is 7.87. The molecule has 3 atom stereocenters. The second kappa shape index (κ2) is 7.10. The summed E-state index contributed by atoms with van der Waals surface area (Å²) in [6.45, 7) is 2.51. The van der Waals surface area contributed by atoms with E-state index in [9.17, 15) is 9.59 Å². The van der Waals surface area contributed by atoms with Gasteiger partial charge in [-0.3, -0.25) is 14.7 Å². The first-order valence-corrected chi connectivity index (χ1v) is 7.87. The van der Waals surface area contributed by atoms with Crippen LogP contribution in [0, 0.1) is 11.8 Å². The second-order valence-corrected chi connectivity index (χ2v) is 5.93. The first-order chi connectivity index (χ1) is 11.2. The van der Waals surface area contributed by atoms with Gasteiger partial charge in [-0.15, -0.1) is 0 Å². The molecule has 0 saturated carbocycles. The summed E-state index contributed by atoms with van der Waals surface area (Å²) in [4.78, 5) is 26.7. The van der Waals surface area contributed by atoms with Crippen LogP contribution < -0.4 is 5.32 Å². The molecular formula is C15H22N4O4. The summed E-state index contributed by atoms with van der Waals surface area (Å²) in [7, 11) is 1.60. The van der Waals surface area contributed by atoms with Gasteiger partial charge in [-0.25, -0.2) is 0 Å². The van der Waals surface area contributed by atoms with Crippen molar-refractivity contribution >= 4 is 11.8 Å². The van der Waals surface area contributed by atoms with E-state index in [2.05, 4.69) is 15.5 Å². The molecule has 0 bridgehead atoms. The van der Waals surface area contributed by atoms with Crippen LogP contribution in [0.4, 0.5) is 0 Å². The normalized spacial score (nSPS) is 26.8. The molecule has 23 heavy (non-hydrogen) atoms. The third-order valence-electron chi connectivity index (χ3n) is 4.56. The zero-order valence-corrected chi connectivity index (χ0v) is 13.2. The molecule has 0 radical (unpaired) electrons. The van der Waals surface area contributed by atoms with Crippen molar-refractivity contribution in [1.82, 2.24) is 20.4 Å². The van der Waals surface area contributed by atoms with Gasteiger partial charge in [0.1, 0.15) is 5.69 Å².